The lowest BCUT2D eigenvalue weighted by molar-refractivity contribution is 0.0697. The molecule has 5 nitrogen and oxygen atoms in total. The molecule has 2 aromatic rings. The van der Waals surface area contributed by atoms with Gasteiger partial charge in [0.1, 0.15) is 0 Å². The molecule has 0 saturated heterocycles. The molecule has 21 heavy (non-hydrogen) atoms. The summed E-state index contributed by atoms with van der Waals surface area (Å²) in [4.78, 5) is 22.5. The molecule has 0 aromatic heterocycles. The minimum Gasteiger partial charge on any atom is -0.478 e. The molecular weight excluding hydrogens is 336 g/mol. The molecule has 2 rings (SSSR count). The third-order valence-electron chi connectivity index (χ3n) is 2.79. The van der Waals surface area contributed by atoms with Crippen molar-refractivity contribution in [2.24, 2.45) is 0 Å². The Morgan fingerprint density at radius 1 is 1.05 bits per heavy atom. The van der Waals surface area contributed by atoms with Gasteiger partial charge in [-0.15, -0.1) is 0 Å². The number of halogens is 1. The number of benzene rings is 2. The largest absolute Gasteiger partial charge is 0.478 e. The molecule has 0 unspecified atom stereocenters. The summed E-state index contributed by atoms with van der Waals surface area (Å²) in [6.45, 7) is 0.389. The molecule has 0 fully saturated rings. The molecule has 0 bridgehead atoms. The summed E-state index contributed by atoms with van der Waals surface area (Å²) in [5.74, 6) is -1.00. The molecular formula is C15H13BrN2O3. The lowest BCUT2D eigenvalue weighted by Gasteiger charge is -2.09. The van der Waals surface area contributed by atoms with Gasteiger partial charge in [0.25, 0.3) is 0 Å². The maximum absolute atomic E-state index is 11.8. The van der Waals surface area contributed by atoms with E-state index in [1.54, 1.807) is 12.1 Å². The van der Waals surface area contributed by atoms with E-state index in [4.69, 9.17) is 5.11 Å². The van der Waals surface area contributed by atoms with Gasteiger partial charge in [-0.05, 0) is 35.9 Å². The summed E-state index contributed by atoms with van der Waals surface area (Å²) in [5, 5.41) is 14.2. The van der Waals surface area contributed by atoms with Crippen molar-refractivity contribution in [1.29, 1.82) is 0 Å². The van der Waals surface area contributed by atoms with Gasteiger partial charge in [-0.2, -0.15) is 0 Å². The van der Waals surface area contributed by atoms with Crippen LogP contribution in [-0.4, -0.2) is 17.1 Å². The number of hydrogen-bond donors (Lipinski definition) is 3. The number of aromatic carboxylic acids is 1. The van der Waals surface area contributed by atoms with Crippen molar-refractivity contribution in [3.8, 4) is 0 Å². The Hall–Kier alpha value is -2.34. The van der Waals surface area contributed by atoms with Crippen LogP contribution in [0.1, 0.15) is 15.9 Å². The number of amides is 2. The second-order valence-electron chi connectivity index (χ2n) is 4.28. The number of carbonyl (C=O) groups is 2. The van der Waals surface area contributed by atoms with E-state index in [1.807, 2.05) is 24.3 Å². The summed E-state index contributed by atoms with van der Waals surface area (Å²) in [6, 6.07) is 13.2. The van der Waals surface area contributed by atoms with Gasteiger partial charge in [-0.1, -0.05) is 34.1 Å². The monoisotopic (exact) mass is 348 g/mol. The second-order valence-corrected chi connectivity index (χ2v) is 5.14. The lowest BCUT2D eigenvalue weighted by Crippen LogP contribution is -2.28. The Labute approximate surface area is 130 Å². The molecule has 0 heterocycles. The van der Waals surface area contributed by atoms with Crippen molar-refractivity contribution < 1.29 is 14.7 Å². The third-order valence-corrected chi connectivity index (χ3v) is 3.56. The Bertz CT molecular complexity index is 656. The highest BCUT2D eigenvalue weighted by molar-refractivity contribution is 9.10. The number of carboxylic acid groups (broad SMARTS) is 1. The van der Waals surface area contributed by atoms with Crippen molar-refractivity contribution in [2.45, 2.75) is 6.54 Å². The van der Waals surface area contributed by atoms with Gasteiger partial charge < -0.3 is 15.7 Å². The van der Waals surface area contributed by atoms with Gasteiger partial charge in [0.05, 0.1) is 5.56 Å². The summed E-state index contributed by atoms with van der Waals surface area (Å²) in [6.07, 6.45) is 0. The fraction of sp³-hybridized carbons (Fsp3) is 0.0667. The number of rotatable bonds is 4. The topological polar surface area (TPSA) is 78.4 Å². The predicted molar refractivity (Wildman–Crippen MR) is 83.4 cm³/mol. The molecule has 0 aliphatic rings. The zero-order valence-corrected chi connectivity index (χ0v) is 12.6. The number of nitrogens with one attached hydrogen (secondary N) is 2. The van der Waals surface area contributed by atoms with Gasteiger partial charge in [0, 0.05) is 16.7 Å². The number of anilines is 1. The van der Waals surface area contributed by atoms with Gasteiger partial charge in [-0.25, -0.2) is 9.59 Å². The van der Waals surface area contributed by atoms with Crippen molar-refractivity contribution in [2.75, 3.05) is 5.32 Å². The van der Waals surface area contributed by atoms with E-state index in [0.717, 1.165) is 10.0 Å². The maximum Gasteiger partial charge on any atom is 0.335 e. The number of carboxylic acids is 1. The Kier molecular flexibility index (Phi) is 4.94. The Balaban J connectivity index is 1.90. The predicted octanol–water partition coefficient (Wildman–Crippen LogP) is 3.47. The van der Waals surface area contributed by atoms with E-state index in [0.29, 0.717) is 12.2 Å². The quantitative estimate of drug-likeness (QED) is 0.791. The highest BCUT2D eigenvalue weighted by Gasteiger charge is 2.05. The average molecular weight is 349 g/mol. The van der Waals surface area contributed by atoms with Gasteiger partial charge in [-0.3, -0.25) is 0 Å². The summed E-state index contributed by atoms with van der Waals surface area (Å²) in [5.41, 5.74) is 1.67. The van der Waals surface area contributed by atoms with Crippen molar-refractivity contribution in [3.63, 3.8) is 0 Å². The molecule has 0 aliphatic carbocycles. The first-order valence-electron chi connectivity index (χ1n) is 6.18. The van der Waals surface area contributed by atoms with E-state index in [-0.39, 0.29) is 11.6 Å². The van der Waals surface area contributed by atoms with E-state index in [1.165, 1.54) is 12.1 Å². The molecule has 2 aromatic carbocycles. The molecule has 0 atom stereocenters. The van der Waals surface area contributed by atoms with Gasteiger partial charge in [0.2, 0.25) is 0 Å². The number of carbonyl (C=O) groups excluding carboxylic acids is 1. The molecule has 108 valence electrons. The second kappa shape index (κ2) is 6.90. The molecule has 3 N–H and O–H groups in total. The molecule has 6 heteroatoms. The van der Waals surface area contributed by atoms with Crippen LogP contribution in [0.4, 0.5) is 10.5 Å². The van der Waals surface area contributed by atoms with Crippen LogP contribution in [0.25, 0.3) is 0 Å². The van der Waals surface area contributed by atoms with Crippen LogP contribution >= 0.6 is 15.9 Å². The zero-order chi connectivity index (χ0) is 15.2. The zero-order valence-electron chi connectivity index (χ0n) is 11.0. The molecule has 0 aliphatic heterocycles. The van der Waals surface area contributed by atoms with Crippen LogP contribution < -0.4 is 10.6 Å². The highest BCUT2D eigenvalue weighted by atomic mass is 79.9. The van der Waals surface area contributed by atoms with Gasteiger partial charge in [0.15, 0.2) is 0 Å². The van der Waals surface area contributed by atoms with Crippen molar-refractivity contribution in [1.82, 2.24) is 5.32 Å². The standard InChI is InChI=1S/C15H13BrN2O3/c16-13-4-2-1-3-11(13)9-17-15(21)18-12-7-5-10(6-8-12)14(19)20/h1-8H,9H2,(H,19,20)(H2,17,18,21). The number of urea groups is 1. The molecule has 2 amide bonds. The van der Waals surface area contributed by atoms with Crippen LogP contribution in [0.3, 0.4) is 0 Å². The highest BCUT2D eigenvalue weighted by Crippen LogP contribution is 2.15. The van der Waals surface area contributed by atoms with Crippen molar-refractivity contribution in [3.05, 3.63) is 64.1 Å². The van der Waals surface area contributed by atoms with Crippen LogP contribution in [0.15, 0.2) is 53.0 Å². The third kappa shape index (κ3) is 4.32. The van der Waals surface area contributed by atoms with E-state index < -0.39 is 5.97 Å². The van der Waals surface area contributed by atoms with E-state index in [9.17, 15) is 9.59 Å². The first kappa shape index (κ1) is 15.1. The summed E-state index contributed by atoms with van der Waals surface area (Å²) < 4.78 is 0.927. The first-order chi connectivity index (χ1) is 10.1. The molecule has 0 saturated carbocycles. The Morgan fingerprint density at radius 3 is 2.33 bits per heavy atom. The van der Waals surface area contributed by atoms with Crippen LogP contribution in [0.5, 0.6) is 0 Å². The SMILES string of the molecule is O=C(NCc1ccccc1Br)Nc1ccc(C(=O)O)cc1. The summed E-state index contributed by atoms with van der Waals surface area (Å²) in [7, 11) is 0. The fourth-order valence-corrected chi connectivity index (χ4v) is 2.11. The number of hydrogen-bond acceptors (Lipinski definition) is 2. The fourth-order valence-electron chi connectivity index (χ4n) is 1.69. The van der Waals surface area contributed by atoms with Gasteiger partial charge >= 0.3 is 12.0 Å². The van der Waals surface area contributed by atoms with E-state index >= 15 is 0 Å². The first-order valence-corrected chi connectivity index (χ1v) is 6.97. The average Bonchev–Trinajstić information content (AvgIpc) is 2.47. The van der Waals surface area contributed by atoms with Crippen LogP contribution in [0, 0.1) is 0 Å². The molecule has 0 radical (unpaired) electrons. The Morgan fingerprint density at radius 2 is 1.71 bits per heavy atom. The summed E-state index contributed by atoms with van der Waals surface area (Å²) >= 11 is 3.41. The van der Waals surface area contributed by atoms with E-state index in [2.05, 4.69) is 26.6 Å². The minimum absolute atomic E-state index is 0.175. The smallest absolute Gasteiger partial charge is 0.335 e. The normalized spacial score (nSPS) is 9.95. The molecule has 0 spiro atoms. The van der Waals surface area contributed by atoms with Crippen LogP contribution in [-0.2, 0) is 6.54 Å². The lowest BCUT2D eigenvalue weighted by atomic mass is 10.2. The maximum atomic E-state index is 11.8. The van der Waals surface area contributed by atoms with Crippen molar-refractivity contribution >= 4 is 33.6 Å². The van der Waals surface area contributed by atoms with Crippen LogP contribution in [0.2, 0.25) is 0 Å². The minimum atomic E-state index is -1.00.